The summed E-state index contributed by atoms with van der Waals surface area (Å²) in [4.78, 5) is 23.7. The van der Waals surface area contributed by atoms with Crippen LogP contribution in [0.4, 0.5) is 5.82 Å². The summed E-state index contributed by atoms with van der Waals surface area (Å²) in [5.41, 5.74) is 3.37. The molecule has 0 radical (unpaired) electrons. The van der Waals surface area contributed by atoms with Crippen molar-refractivity contribution in [1.29, 1.82) is 0 Å². The van der Waals surface area contributed by atoms with Crippen LogP contribution in [0, 0.1) is 6.92 Å². The molecule has 8 nitrogen and oxygen atoms in total. The maximum Gasteiger partial charge on any atom is 0.227 e. The average Bonchev–Trinajstić information content (AvgIpc) is 2.79. The molecule has 3 N–H and O–H groups in total. The van der Waals surface area contributed by atoms with E-state index in [1.54, 1.807) is 6.07 Å². The fourth-order valence-corrected chi connectivity index (χ4v) is 3.48. The van der Waals surface area contributed by atoms with Crippen LogP contribution in [-0.2, 0) is 22.6 Å². The molecule has 1 fully saturated rings. The number of amides is 1. The van der Waals surface area contributed by atoms with Crippen LogP contribution >= 0.6 is 24.0 Å². The molecule has 0 saturated carbocycles. The van der Waals surface area contributed by atoms with Gasteiger partial charge in [-0.05, 0) is 37.1 Å². The Bertz CT molecular complexity index is 902. The number of hydrogen-bond donors (Lipinski definition) is 3. The highest BCUT2D eigenvalue weighted by Crippen LogP contribution is 2.14. The monoisotopic (exact) mass is 566 g/mol. The molecule has 9 heteroatoms. The summed E-state index contributed by atoms with van der Waals surface area (Å²) in [6.45, 7) is 10.2. The third-order valence-corrected chi connectivity index (χ3v) is 5.17. The van der Waals surface area contributed by atoms with E-state index in [0.717, 1.165) is 45.1 Å². The molecule has 1 saturated heterocycles. The van der Waals surface area contributed by atoms with Gasteiger partial charge in [0.15, 0.2) is 5.96 Å². The summed E-state index contributed by atoms with van der Waals surface area (Å²) in [5.74, 6) is 1.20. The molecular weight excluding hydrogens is 531 g/mol. The fourth-order valence-electron chi connectivity index (χ4n) is 3.48. The predicted molar refractivity (Wildman–Crippen MR) is 143 cm³/mol. The number of nitrogens with one attached hydrogen (secondary N) is 3. The normalized spacial score (nSPS) is 14.3. The lowest BCUT2D eigenvalue weighted by Crippen LogP contribution is -2.38. The van der Waals surface area contributed by atoms with E-state index in [4.69, 9.17) is 9.73 Å². The molecule has 1 aromatic heterocycles. The van der Waals surface area contributed by atoms with Gasteiger partial charge in [0.25, 0.3) is 0 Å². The molecule has 0 aliphatic carbocycles. The van der Waals surface area contributed by atoms with Crippen molar-refractivity contribution in [3.05, 3.63) is 59.3 Å². The first-order valence-electron chi connectivity index (χ1n) is 11.3. The number of pyridine rings is 1. The molecular formula is C24H35IN6O2. The first-order valence-corrected chi connectivity index (χ1v) is 11.3. The van der Waals surface area contributed by atoms with Gasteiger partial charge < -0.3 is 20.7 Å². The van der Waals surface area contributed by atoms with E-state index in [-0.39, 0.29) is 29.9 Å². The standard InChI is InChI=1S/C24H34N6O2.HI/c1-3-25-24(26-12-11-23(31)29-22-10-6-7-19(2)28-22)27-17-20-8-4-5-9-21(20)18-30-13-15-32-16-14-30;/h4-10H,3,11-18H2,1-2H3,(H2,25,26,27)(H,28,29,31);1H. The molecule has 0 bridgehead atoms. The predicted octanol–water partition coefficient (Wildman–Crippen LogP) is 2.92. The minimum atomic E-state index is -0.0812. The van der Waals surface area contributed by atoms with Gasteiger partial charge in [0, 0.05) is 44.8 Å². The van der Waals surface area contributed by atoms with Crippen molar-refractivity contribution in [3.8, 4) is 0 Å². The van der Waals surface area contributed by atoms with Crippen molar-refractivity contribution in [3.63, 3.8) is 0 Å². The van der Waals surface area contributed by atoms with Gasteiger partial charge in [0.1, 0.15) is 5.82 Å². The number of hydrogen-bond acceptors (Lipinski definition) is 5. The van der Waals surface area contributed by atoms with Gasteiger partial charge in [-0.1, -0.05) is 30.3 Å². The van der Waals surface area contributed by atoms with Crippen molar-refractivity contribution in [1.82, 2.24) is 20.5 Å². The SMILES string of the molecule is CCNC(=NCc1ccccc1CN1CCOCC1)NCCC(=O)Nc1cccc(C)n1.I. The molecule has 0 spiro atoms. The van der Waals surface area contributed by atoms with Gasteiger partial charge in [0.2, 0.25) is 5.91 Å². The van der Waals surface area contributed by atoms with E-state index in [9.17, 15) is 4.79 Å². The molecule has 0 atom stereocenters. The number of aliphatic imine (C=N–C) groups is 1. The number of halogens is 1. The lowest BCUT2D eigenvalue weighted by atomic mass is 10.1. The van der Waals surface area contributed by atoms with Gasteiger partial charge in [-0.3, -0.25) is 9.69 Å². The summed E-state index contributed by atoms with van der Waals surface area (Å²) in [6.07, 6.45) is 0.327. The third kappa shape index (κ3) is 9.65. The van der Waals surface area contributed by atoms with Crippen LogP contribution in [0.25, 0.3) is 0 Å². The molecule has 1 aromatic carbocycles. The van der Waals surface area contributed by atoms with E-state index in [2.05, 4.69) is 50.1 Å². The average molecular weight is 566 g/mol. The Morgan fingerprint density at radius 1 is 1.09 bits per heavy atom. The Hall–Kier alpha value is -2.24. The van der Waals surface area contributed by atoms with Gasteiger partial charge in [0.05, 0.1) is 19.8 Å². The van der Waals surface area contributed by atoms with Crippen molar-refractivity contribution in [2.45, 2.75) is 33.4 Å². The topological polar surface area (TPSA) is 90.9 Å². The fraction of sp³-hybridized carbons (Fsp3) is 0.458. The molecule has 1 aliphatic heterocycles. The highest BCUT2D eigenvalue weighted by Gasteiger charge is 2.12. The van der Waals surface area contributed by atoms with Crippen LogP contribution in [0.3, 0.4) is 0 Å². The zero-order valence-electron chi connectivity index (χ0n) is 19.5. The molecule has 0 unspecified atom stereocenters. The van der Waals surface area contributed by atoms with E-state index in [0.29, 0.717) is 31.3 Å². The number of guanidine groups is 1. The lowest BCUT2D eigenvalue weighted by molar-refractivity contribution is -0.116. The summed E-state index contributed by atoms with van der Waals surface area (Å²) < 4.78 is 5.45. The maximum absolute atomic E-state index is 12.2. The Labute approximate surface area is 213 Å². The minimum Gasteiger partial charge on any atom is -0.379 e. The maximum atomic E-state index is 12.2. The Balaban J connectivity index is 0.00000385. The molecule has 33 heavy (non-hydrogen) atoms. The number of aryl methyl sites for hydroxylation is 1. The smallest absolute Gasteiger partial charge is 0.227 e. The van der Waals surface area contributed by atoms with Crippen LogP contribution in [0.5, 0.6) is 0 Å². The minimum absolute atomic E-state index is 0. The number of carbonyl (C=O) groups is 1. The lowest BCUT2D eigenvalue weighted by Gasteiger charge is -2.27. The second-order valence-corrected chi connectivity index (χ2v) is 7.74. The molecule has 2 heterocycles. The number of aromatic nitrogens is 1. The van der Waals surface area contributed by atoms with Crippen LogP contribution in [0.1, 0.15) is 30.2 Å². The van der Waals surface area contributed by atoms with Crippen LogP contribution < -0.4 is 16.0 Å². The van der Waals surface area contributed by atoms with E-state index < -0.39 is 0 Å². The zero-order valence-corrected chi connectivity index (χ0v) is 21.8. The number of carbonyl (C=O) groups excluding carboxylic acids is 1. The highest BCUT2D eigenvalue weighted by atomic mass is 127. The second-order valence-electron chi connectivity index (χ2n) is 7.74. The van der Waals surface area contributed by atoms with Gasteiger partial charge in [-0.2, -0.15) is 0 Å². The number of nitrogens with zero attached hydrogens (tertiary/aromatic N) is 3. The second kappa shape index (κ2) is 14.8. The van der Waals surface area contributed by atoms with E-state index in [1.165, 1.54) is 11.1 Å². The zero-order chi connectivity index (χ0) is 22.6. The molecule has 180 valence electrons. The number of anilines is 1. The van der Waals surface area contributed by atoms with Gasteiger partial charge in [-0.15, -0.1) is 24.0 Å². The summed E-state index contributed by atoms with van der Waals surface area (Å²) in [6, 6.07) is 14.0. The molecule has 1 amide bonds. The number of benzene rings is 1. The number of ether oxygens (including phenoxy) is 1. The van der Waals surface area contributed by atoms with E-state index in [1.807, 2.05) is 26.0 Å². The van der Waals surface area contributed by atoms with Crippen LogP contribution in [0.2, 0.25) is 0 Å². The largest absolute Gasteiger partial charge is 0.379 e. The Morgan fingerprint density at radius 2 is 1.85 bits per heavy atom. The van der Waals surface area contributed by atoms with Crippen molar-refractivity contribution < 1.29 is 9.53 Å². The Kier molecular flexibility index (Phi) is 12.1. The quantitative estimate of drug-likeness (QED) is 0.246. The van der Waals surface area contributed by atoms with Crippen molar-refractivity contribution >= 4 is 41.7 Å². The highest BCUT2D eigenvalue weighted by molar-refractivity contribution is 14.0. The molecule has 1 aliphatic rings. The van der Waals surface area contributed by atoms with Crippen molar-refractivity contribution in [2.24, 2.45) is 4.99 Å². The molecule has 2 aromatic rings. The Morgan fingerprint density at radius 3 is 2.58 bits per heavy atom. The van der Waals surface area contributed by atoms with Gasteiger partial charge >= 0.3 is 0 Å². The summed E-state index contributed by atoms with van der Waals surface area (Å²) in [5, 5.41) is 9.33. The number of morpholine rings is 1. The van der Waals surface area contributed by atoms with Gasteiger partial charge in [-0.25, -0.2) is 9.98 Å². The van der Waals surface area contributed by atoms with Crippen molar-refractivity contribution in [2.75, 3.05) is 44.7 Å². The first kappa shape index (κ1) is 27.0. The third-order valence-electron chi connectivity index (χ3n) is 5.17. The number of rotatable bonds is 9. The molecule has 3 rings (SSSR count). The van der Waals surface area contributed by atoms with Crippen LogP contribution in [-0.4, -0.2) is 61.1 Å². The van der Waals surface area contributed by atoms with Crippen LogP contribution in [0.15, 0.2) is 47.5 Å². The summed E-state index contributed by atoms with van der Waals surface area (Å²) >= 11 is 0. The summed E-state index contributed by atoms with van der Waals surface area (Å²) in [7, 11) is 0. The first-order chi connectivity index (χ1) is 15.6. The van der Waals surface area contributed by atoms with E-state index >= 15 is 0 Å².